The largest absolute Gasteiger partial charge is 0.508 e. The van der Waals surface area contributed by atoms with Gasteiger partial charge in [0.15, 0.2) is 0 Å². The van der Waals surface area contributed by atoms with Crippen molar-refractivity contribution in [3.63, 3.8) is 0 Å². The van der Waals surface area contributed by atoms with Crippen molar-refractivity contribution < 1.29 is 55.8 Å². The predicted molar refractivity (Wildman–Crippen MR) is 58.2 cm³/mol. The van der Waals surface area contributed by atoms with Gasteiger partial charge in [0, 0.05) is 9.82 Å². The second-order valence-electron chi connectivity index (χ2n) is 2.66. The van der Waals surface area contributed by atoms with Crippen LogP contribution in [-0.4, -0.2) is 25.7 Å². The highest BCUT2D eigenvalue weighted by Gasteiger charge is 2.43. The summed E-state index contributed by atoms with van der Waals surface area (Å²) in [7, 11) is -17.3. The van der Waals surface area contributed by atoms with E-state index in [1.807, 2.05) is 0 Å². The topological polar surface area (TPSA) is 267 Å². The van der Waals surface area contributed by atoms with Gasteiger partial charge >= 0.3 is 29.6 Å². The maximum absolute atomic E-state index is 13.3. The van der Waals surface area contributed by atoms with Crippen molar-refractivity contribution in [2.45, 2.75) is 6.10 Å². The quantitative estimate of drug-likeness (QED) is 0.0834. The highest BCUT2D eigenvalue weighted by molar-refractivity contribution is 7.66. The van der Waals surface area contributed by atoms with E-state index in [0.717, 1.165) is 0 Å². The number of rotatable bonds is 9. The molecule has 2 unspecified atom stereocenters. The fourth-order valence-electron chi connectivity index (χ4n) is 0.551. The fraction of sp³-hybridized carbons (Fsp3) is 1.00. The van der Waals surface area contributed by atoms with Gasteiger partial charge in [0.25, 0.3) is 0 Å². The molecule has 0 fully saturated rings. The van der Waals surface area contributed by atoms with Crippen LogP contribution in [0.15, 0.2) is 10.2 Å². The summed E-state index contributed by atoms with van der Waals surface area (Å²) >= 11 is 0. The molecule has 0 aromatic heterocycles. The zero-order valence-electron chi connectivity index (χ0n) is 9.55. The number of hydrogen-bond acceptors (Lipinski definition) is 9. The molecule has 21 heteroatoms. The van der Waals surface area contributed by atoms with Crippen LogP contribution in [0.25, 0.3) is 20.9 Å². The lowest BCUT2D eigenvalue weighted by Crippen LogP contribution is -2.19. The third-order valence-corrected chi connectivity index (χ3v) is 4.58. The summed E-state index contributed by atoms with van der Waals surface area (Å²) < 4.78 is 55.2. The molecule has 0 heterocycles. The van der Waals surface area contributed by atoms with Crippen molar-refractivity contribution in [3.05, 3.63) is 20.9 Å². The van der Waals surface area contributed by atoms with Gasteiger partial charge in [0.05, 0.1) is 0 Å². The van der Waals surface area contributed by atoms with E-state index in [0.29, 0.717) is 0 Å². The van der Waals surface area contributed by atoms with Crippen molar-refractivity contribution in [1.29, 1.82) is 0 Å². The minimum atomic E-state index is -5.86. The van der Waals surface area contributed by atoms with Crippen molar-refractivity contribution in [1.82, 2.24) is 0 Å². The minimum Gasteiger partial charge on any atom is -0.302 e. The Hall–Kier alpha value is -1.08. The van der Waals surface area contributed by atoms with Crippen molar-refractivity contribution in [2.24, 2.45) is 10.2 Å². The zero-order chi connectivity index (χ0) is 17.7. The molecule has 0 rings (SSSR count). The van der Waals surface area contributed by atoms with Crippen LogP contribution in [0.4, 0.5) is 4.39 Å². The van der Waals surface area contributed by atoms with Crippen LogP contribution in [0, 0.1) is 0 Å². The van der Waals surface area contributed by atoms with Gasteiger partial charge in [-0.15, -0.1) is 4.67 Å². The molecule has 0 aromatic carbocycles. The second-order valence-corrected chi connectivity index (χ2v) is 6.97. The van der Waals surface area contributed by atoms with Gasteiger partial charge in [-0.05, 0) is 21.3 Å². The van der Waals surface area contributed by atoms with Crippen molar-refractivity contribution in [2.75, 3.05) is 0 Å². The Morgan fingerprint density at radius 1 is 0.955 bits per heavy atom. The Morgan fingerprint density at radius 2 is 1.41 bits per heavy atom. The average molecular weight is 388 g/mol. The normalized spacial score (nSPS) is 19.7. The van der Waals surface area contributed by atoms with E-state index in [9.17, 15) is 18.1 Å². The van der Waals surface area contributed by atoms with Crippen LogP contribution < -0.4 is 0 Å². The lowest BCUT2D eigenvalue weighted by molar-refractivity contribution is -0.342. The Kier molecular flexibility index (Phi) is 7.09. The smallest absolute Gasteiger partial charge is 0.302 e. The first-order valence-corrected chi connectivity index (χ1v) is 8.59. The van der Waals surface area contributed by atoms with Crippen molar-refractivity contribution >= 4 is 23.5 Å². The maximum atomic E-state index is 13.3. The summed E-state index contributed by atoms with van der Waals surface area (Å²) in [6.45, 7) is 0. The molecule has 0 saturated carbocycles. The van der Waals surface area contributed by atoms with Crippen LogP contribution in [0.5, 0.6) is 0 Å². The van der Waals surface area contributed by atoms with Crippen LogP contribution in [0.2, 0.25) is 0 Å². The number of nitrogens with zero attached hydrogens (tertiary/aromatic N) is 6. The highest BCUT2D eigenvalue weighted by Crippen LogP contribution is 2.66. The lowest BCUT2D eigenvalue weighted by atomic mass is 11.0. The van der Waals surface area contributed by atoms with E-state index in [2.05, 4.69) is 28.4 Å². The van der Waals surface area contributed by atoms with E-state index in [1.54, 1.807) is 9.82 Å². The van der Waals surface area contributed by atoms with E-state index < -0.39 is 29.6 Å². The number of phosphoric acid groups is 3. The molecule has 0 bridgehead atoms. The molecular formula is CH4FN6O11P3. The standard InChI is InChI=1S/CH4FN6O11P3/c2-1(5-7-3,6-8-4)16-17-21(12,13)19-22(14,15)18-20(9,10)11/h(H,12,13)(H,14,15)(H2,9,10,11). The van der Waals surface area contributed by atoms with Crippen LogP contribution in [0.3, 0.4) is 0 Å². The molecule has 0 amide bonds. The molecule has 0 saturated heterocycles. The molecular weight excluding hydrogens is 384 g/mol. The van der Waals surface area contributed by atoms with Crippen LogP contribution in [0.1, 0.15) is 0 Å². The number of alkyl halides is 1. The summed E-state index contributed by atoms with van der Waals surface area (Å²) in [6.07, 6.45) is -4.02. The van der Waals surface area contributed by atoms with Gasteiger partial charge < -0.3 is 19.6 Å². The maximum Gasteiger partial charge on any atom is 0.508 e. The molecule has 126 valence electrons. The molecule has 0 aliphatic rings. The van der Waals surface area contributed by atoms with Gasteiger partial charge in [-0.3, -0.25) is 0 Å². The second kappa shape index (κ2) is 7.46. The molecule has 22 heavy (non-hydrogen) atoms. The summed E-state index contributed by atoms with van der Waals surface area (Å²) in [6, 6.07) is 0. The molecule has 0 aliphatic carbocycles. The first-order valence-electron chi connectivity index (χ1n) is 4.07. The van der Waals surface area contributed by atoms with Gasteiger partial charge in [0.1, 0.15) is 0 Å². The first kappa shape index (κ1) is 20.9. The fourth-order valence-corrected chi connectivity index (χ4v) is 3.36. The monoisotopic (exact) mass is 388 g/mol. The Labute approximate surface area is 117 Å². The number of hydrogen-bond donors (Lipinski definition) is 4. The molecule has 4 N–H and O–H groups in total. The zero-order valence-corrected chi connectivity index (χ0v) is 12.2. The third kappa shape index (κ3) is 9.04. The summed E-state index contributed by atoms with van der Waals surface area (Å²) in [5.74, 6) is 0. The molecule has 0 aromatic rings. The number of halogens is 1. The Bertz CT molecular complexity index is 626. The van der Waals surface area contributed by atoms with Crippen LogP contribution >= 0.6 is 23.5 Å². The molecule has 17 nitrogen and oxygen atoms in total. The SMILES string of the molecule is [N-]=[N+]=NC(F)(N=[N+]=[N-])OOP(=O)(O)OP(=O)(O)OP(=O)(O)O. The third-order valence-electron chi connectivity index (χ3n) is 0.990. The molecule has 0 spiro atoms. The van der Waals surface area contributed by atoms with Gasteiger partial charge in [0.2, 0.25) is 0 Å². The lowest BCUT2D eigenvalue weighted by Gasteiger charge is -2.17. The van der Waals surface area contributed by atoms with E-state index in [1.165, 1.54) is 0 Å². The minimum absolute atomic E-state index is 1.79. The average Bonchev–Trinajstić information content (AvgIpc) is 2.22. The van der Waals surface area contributed by atoms with E-state index >= 15 is 0 Å². The van der Waals surface area contributed by atoms with Gasteiger partial charge in [-0.25, -0.2) is 13.7 Å². The predicted octanol–water partition coefficient (Wildman–Crippen LogP) is 1.46. The summed E-state index contributed by atoms with van der Waals surface area (Å²) in [5.41, 5.74) is 15.8. The summed E-state index contributed by atoms with van der Waals surface area (Å²) in [4.78, 5) is 40.9. The molecule has 2 atom stereocenters. The highest BCUT2D eigenvalue weighted by atomic mass is 31.3. The molecule has 0 aliphatic heterocycles. The Balaban J connectivity index is 5.02. The van der Waals surface area contributed by atoms with Crippen LogP contribution in [-0.2, 0) is 31.9 Å². The molecule has 0 radical (unpaired) electrons. The van der Waals surface area contributed by atoms with Gasteiger partial charge in [-0.2, -0.15) is 17.9 Å². The first-order chi connectivity index (χ1) is 9.74. The Morgan fingerprint density at radius 3 is 1.77 bits per heavy atom. The van der Waals surface area contributed by atoms with E-state index in [-0.39, 0.29) is 0 Å². The summed E-state index contributed by atoms with van der Waals surface area (Å²) in [5, 5.41) is 4.15. The number of azide groups is 1. The van der Waals surface area contributed by atoms with Gasteiger partial charge in [-0.1, -0.05) is 0 Å². The van der Waals surface area contributed by atoms with E-state index in [4.69, 9.17) is 30.6 Å². The van der Waals surface area contributed by atoms with Crippen molar-refractivity contribution in [3.8, 4) is 0 Å².